The van der Waals surface area contributed by atoms with E-state index < -0.39 is 11.8 Å². The van der Waals surface area contributed by atoms with Crippen molar-refractivity contribution in [2.45, 2.75) is 37.6 Å². The van der Waals surface area contributed by atoms with E-state index in [0.717, 1.165) is 4.88 Å². The molecule has 0 radical (unpaired) electrons. The number of hydrogen-bond donors (Lipinski definition) is 1. The number of alkyl halides is 3. The molecule has 0 spiro atoms. The number of halogens is 3. The Morgan fingerprint density at radius 1 is 1.35 bits per heavy atom. The predicted octanol–water partition coefficient (Wildman–Crippen LogP) is 3.25. The lowest BCUT2D eigenvalue weighted by Crippen LogP contribution is -2.53. The molecule has 0 bridgehead atoms. The van der Waals surface area contributed by atoms with E-state index in [-0.39, 0.29) is 32.0 Å². The highest BCUT2D eigenvalue weighted by Gasteiger charge is 2.54. The van der Waals surface area contributed by atoms with E-state index in [1.165, 1.54) is 11.3 Å². The van der Waals surface area contributed by atoms with Gasteiger partial charge in [-0.15, -0.1) is 21.5 Å². The Balaban J connectivity index is 1.67. The Hall–Kier alpha value is -1.45. The van der Waals surface area contributed by atoms with Gasteiger partial charge >= 0.3 is 6.18 Å². The number of aliphatic hydroxyl groups is 1. The second-order valence-electron chi connectivity index (χ2n) is 5.66. The third-order valence-electron chi connectivity index (χ3n) is 4.23. The highest BCUT2D eigenvalue weighted by molar-refractivity contribution is 7.13. The van der Waals surface area contributed by atoms with E-state index in [0.29, 0.717) is 11.8 Å². The van der Waals surface area contributed by atoms with E-state index in [1.54, 1.807) is 0 Å². The van der Waals surface area contributed by atoms with Crippen molar-refractivity contribution in [2.75, 3.05) is 13.1 Å². The normalized spacial score (nSPS) is 20.6. The maximum atomic E-state index is 12.8. The molecular weight excluding hydrogens is 331 g/mol. The average molecular weight is 347 g/mol. The molecule has 1 atom stereocenters. The fourth-order valence-electron chi connectivity index (χ4n) is 2.62. The van der Waals surface area contributed by atoms with Crippen molar-refractivity contribution in [3.63, 3.8) is 0 Å². The quantitative estimate of drug-likeness (QED) is 0.923. The minimum atomic E-state index is -4.60. The Morgan fingerprint density at radius 3 is 2.61 bits per heavy atom. The van der Waals surface area contributed by atoms with Crippen molar-refractivity contribution in [1.82, 2.24) is 15.1 Å². The van der Waals surface area contributed by atoms with E-state index in [4.69, 9.17) is 4.42 Å². The molecule has 1 aliphatic rings. The van der Waals surface area contributed by atoms with Gasteiger partial charge in [-0.25, -0.2) is 0 Å². The zero-order chi connectivity index (χ0) is 16.7. The Kier molecular flexibility index (Phi) is 4.19. The van der Waals surface area contributed by atoms with Crippen LogP contribution in [-0.2, 0) is 0 Å². The summed E-state index contributed by atoms with van der Waals surface area (Å²) in [6.45, 7) is 2.05. The number of rotatable bonds is 3. The number of piperidine rings is 1. The van der Waals surface area contributed by atoms with Crippen LogP contribution in [-0.4, -0.2) is 45.1 Å². The van der Waals surface area contributed by atoms with Gasteiger partial charge in [0.25, 0.3) is 5.89 Å². The first-order valence-corrected chi connectivity index (χ1v) is 8.08. The summed E-state index contributed by atoms with van der Waals surface area (Å²) in [4.78, 5) is 2.66. The molecule has 1 aliphatic heterocycles. The van der Waals surface area contributed by atoms with Crippen LogP contribution >= 0.6 is 11.3 Å². The van der Waals surface area contributed by atoms with Crippen LogP contribution in [0.2, 0.25) is 0 Å². The van der Waals surface area contributed by atoms with Gasteiger partial charge in [0.05, 0.1) is 10.9 Å². The maximum Gasteiger partial charge on any atom is 0.417 e. The fourth-order valence-corrected chi connectivity index (χ4v) is 3.27. The largest absolute Gasteiger partial charge is 0.418 e. The minimum absolute atomic E-state index is 0.119. The predicted molar refractivity (Wildman–Crippen MR) is 77.8 cm³/mol. The summed E-state index contributed by atoms with van der Waals surface area (Å²) in [7, 11) is 0. The molecule has 0 saturated carbocycles. The maximum absolute atomic E-state index is 12.8. The van der Waals surface area contributed by atoms with Crippen LogP contribution in [0.25, 0.3) is 10.8 Å². The third kappa shape index (κ3) is 3.13. The fraction of sp³-hybridized carbons (Fsp3) is 0.571. The monoisotopic (exact) mass is 347 g/mol. The first-order valence-electron chi connectivity index (χ1n) is 7.20. The summed E-state index contributed by atoms with van der Waals surface area (Å²) in [6.07, 6.45) is -5.31. The highest BCUT2D eigenvalue weighted by atomic mass is 32.1. The molecule has 1 N–H and O–H groups in total. The van der Waals surface area contributed by atoms with Gasteiger partial charge in [-0.3, -0.25) is 4.90 Å². The van der Waals surface area contributed by atoms with Gasteiger partial charge in [-0.2, -0.15) is 13.2 Å². The number of thiophene rings is 1. The molecule has 3 heterocycles. The van der Waals surface area contributed by atoms with Crippen LogP contribution in [0.5, 0.6) is 0 Å². The first kappa shape index (κ1) is 16.4. The molecule has 3 rings (SSSR count). The topological polar surface area (TPSA) is 62.4 Å². The van der Waals surface area contributed by atoms with Crippen molar-refractivity contribution in [3.8, 4) is 10.8 Å². The summed E-state index contributed by atoms with van der Waals surface area (Å²) in [5.41, 5.74) is -2.60. The summed E-state index contributed by atoms with van der Waals surface area (Å²) < 4.78 is 44.1. The van der Waals surface area contributed by atoms with Crippen LogP contribution in [0, 0.1) is 0 Å². The van der Waals surface area contributed by atoms with Gasteiger partial charge < -0.3 is 9.52 Å². The zero-order valence-electron chi connectivity index (χ0n) is 12.4. The van der Waals surface area contributed by atoms with Crippen molar-refractivity contribution in [1.29, 1.82) is 0 Å². The lowest BCUT2D eigenvalue weighted by atomic mass is 9.90. The van der Waals surface area contributed by atoms with Gasteiger partial charge in [0, 0.05) is 13.1 Å². The van der Waals surface area contributed by atoms with Crippen molar-refractivity contribution in [2.24, 2.45) is 0 Å². The van der Waals surface area contributed by atoms with E-state index >= 15 is 0 Å². The van der Waals surface area contributed by atoms with Crippen LogP contribution in [0.15, 0.2) is 21.9 Å². The van der Waals surface area contributed by atoms with Crippen LogP contribution in [0.3, 0.4) is 0 Å². The van der Waals surface area contributed by atoms with Crippen LogP contribution in [0.4, 0.5) is 13.2 Å². The van der Waals surface area contributed by atoms with Gasteiger partial charge in [0.1, 0.15) is 0 Å². The SMILES string of the molecule is CC(c1nnc(-c2cccs2)o1)N1CCC(O)(C(F)(F)F)CC1. The van der Waals surface area contributed by atoms with Gasteiger partial charge in [-0.05, 0) is 31.2 Å². The Bertz CT molecular complexity index is 649. The van der Waals surface area contributed by atoms with Crippen molar-refractivity contribution >= 4 is 11.3 Å². The molecule has 1 fully saturated rings. The number of aromatic nitrogens is 2. The summed E-state index contributed by atoms with van der Waals surface area (Å²) >= 11 is 1.47. The number of likely N-dealkylation sites (tertiary alicyclic amines) is 1. The van der Waals surface area contributed by atoms with Crippen LogP contribution < -0.4 is 0 Å². The average Bonchev–Trinajstić information content (AvgIpc) is 3.17. The number of nitrogens with zero attached hydrogens (tertiary/aromatic N) is 3. The van der Waals surface area contributed by atoms with Gasteiger partial charge in [0.15, 0.2) is 5.60 Å². The summed E-state index contributed by atoms with van der Waals surface area (Å²) in [6, 6.07) is 3.43. The number of hydrogen-bond acceptors (Lipinski definition) is 6. The van der Waals surface area contributed by atoms with E-state index in [2.05, 4.69) is 10.2 Å². The third-order valence-corrected chi connectivity index (χ3v) is 5.09. The molecule has 23 heavy (non-hydrogen) atoms. The zero-order valence-corrected chi connectivity index (χ0v) is 13.2. The molecule has 0 aliphatic carbocycles. The molecular formula is C14H16F3N3O2S. The molecule has 5 nitrogen and oxygen atoms in total. The summed E-state index contributed by atoms with van der Waals surface area (Å²) in [5.74, 6) is 0.775. The first-order chi connectivity index (χ1) is 10.8. The standard InChI is InChI=1S/C14H16F3N3O2S/c1-9(11-18-19-12(22-11)10-3-2-8-23-10)20-6-4-13(21,5-7-20)14(15,16)17/h2-3,8-9,21H,4-7H2,1H3. The van der Waals surface area contributed by atoms with Crippen LogP contribution in [0.1, 0.15) is 31.7 Å². The Labute approximate surface area is 134 Å². The van der Waals surface area contributed by atoms with Crippen molar-refractivity contribution in [3.05, 3.63) is 23.4 Å². The Morgan fingerprint density at radius 2 is 2.04 bits per heavy atom. The smallest absolute Gasteiger partial charge is 0.417 e. The highest BCUT2D eigenvalue weighted by Crippen LogP contribution is 2.40. The van der Waals surface area contributed by atoms with Gasteiger partial charge in [0.2, 0.25) is 5.89 Å². The second kappa shape index (κ2) is 5.88. The van der Waals surface area contributed by atoms with Gasteiger partial charge in [-0.1, -0.05) is 6.07 Å². The molecule has 126 valence electrons. The summed E-state index contributed by atoms with van der Waals surface area (Å²) in [5, 5.41) is 19.6. The molecule has 1 saturated heterocycles. The lowest BCUT2D eigenvalue weighted by molar-refractivity contribution is -0.273. The molecule has 1 unspecified atom stereocenters. The second-order valence-corrected chi connectivity index (χ2v) is 6.61. The molecule has 2 aromatic heterocycles. The molecule has 0 aromatic carbocycles. The molecule has 2 aromatic rings. The van der Waals surface area contributed by atoms with E-state index in [9.17, 15) is 18.3 Å². The van der Waals surface area contributed by atoms with Crippen molar-refractivity contribution < 1.29 is 22.7 Å². The van der Waals surface area contributed by atoms with E-state index in [1.807, 2.05) is 29.3 Å². The minimum Gasteiger partial charge on any atom is -0.418 e. The molecule has 9 heteroatoms. The lowest BCUT2D eigenvalue weighted by Gasteiger charge is -2.40. The molecule has 0 amide bonds.